The van der Waals surface area contributed by atoms with Crippen LogP contribution in [0.3, 0.4) is 0 Å². The van der Waals surface area contributed by atoms with Crippen molar-refractivity contribution in [1.82, 2.24) is 14.3 Å². The first-order chi connectivity index (χ1) is 17.5. The number of benzene rings is 2. The van der Waals surface area contributed by atoms with Crippen molar-refractivity contribution in [1.29, 1.82) is 0 Å². The zero-order valence-electron chi connectivity index (χ0n) is 19.2. The lowest BCUT2D eigenvalue weighted by Gasteiger charge is -2.17. The molecule has 0 radical (unpaired) electrons. The Morgan fingerprint density at radius 3 is 2.39 bits per heavy atom. The summed E-state index contributed by atoms with van der Waals surface area (Å²) in [6.45, 7) is 1.23. The number of nitrogens with zero attached hydrogens (tertiary/aromatic N) is 3. The smallest absolute Gasteiger partial charge is 0.266 e. The summed E-state index contributed by atoms with van der Waals surface area (Å²) in [7, 11) is 0. The molecule has 4 heterocycles. The second-order valence-electron chi connectivity index (χ2n) is 8.79. The van der Waals surface area contributed by atoms with Crippen LogP contribution in [-0.2, 0) is 0 Å². The van der Waals surface area contributed by atoms with E-state index in [1.54, 1.807) is 23.1 Å². The van der Waals surface area contributed by atoms with Crippen molar-refractivity contribution in [3.63, 3.8) is 0 Å². The standard InChI is InChI=1S/C28H21N3O4S/c32-22-11-5-4-10-19(22)24(33)18-14-20(27(34)30-12-6-7-13-30)25-29-26-21(28(35)31(25)16-18)15-23(36-26)17-8-2-1-3-9-17/h1-5,8-11,14-16,32H,6-7,12-13H2. The van der Waals surface area contributed by atoms with Crippen LogP contribution in [0.1, 0.15) is 39.1 Å². The van der Waals surface area contributed by atoms with Gasteiger partial charge in [-0.05, 0) is 42.7 Å². The molecule has 0 unspecified atom stereocenters. The van der Waals surface area contributed by atoms with E-state index in [9.17, 15) is 19.5 Å². The fourth-order valence-electron chi connectivity index (χ4n) is 4.64. The zero-order valence-corrected chi connectivity index (χ0v) is 20.0. The van der Waals surface area contributed by atoms with E-state index in [1.807, 2.05) is 30.3 Å². The van der Waals surface area contributed by atoms with E-state index in [1.165, 1.54) is 40.1 Å². The molecular formula is C28H21N3O4S. The maximum atomic E-state index is 13.7. The number of amides is 1. The molecule has 36 heavy (non-hydrogen) atoms. The van der Waals surface area contributed by atoms with Crippen molar-refractivity contribution in [2.24, 2.45) is 0 Å². The third-order valence-corrected chi connectivity index (χ3v) is 7.58. The van der Waals surface area contributed by atoms with Gasteiger partial charge in [-0.15, -0.1) is 11.3 Å². The molecular weight excluding hydrogens is 474 g/mol. The Labute approximate surface area is 209 Å². The lowest BCUT2D eigenvalue weighted by molar-refractivity contribution is 0.0794. The van der Waals surface area contributed by atoms with Crippen LogP contribution in [0.25, 0.3) is 26.3 Å². The Kier molecular flexibility index (Phi) is 5.38. The van der Waals surface area contributed by atoms with Crippen LogP contribution in [0, 0.1) is 0 Å². The second-order valence-corrected chi connectivity index (χ2v) is 9.82. The van der Waals surface area contributed by atoms with E-state index in [-0.39, 0.29) is 39.6 Å². The molecule has 178 valence electrons. The average molecular weight is 496 g/mol. The van der Waals surface area contributed by atoms with Crippen LogP contribution in [0.5, 0.6) is 5.75 Å². The van der Waals surface area contributed by atoms with Gasteiger partial charge >= 0.3 is 0 Å². The Morgan fingerprint density at radius 1 is 0.917 bits per heavy atom. The number of aromatic nitrogens is 2. The molecule has 2 aromatic carbocycles. The van der Waals surface area contributed by atoms with Gasteiger partial charge in [0.1, 0.15) is 10.6 Å². The molecule has 8 heteroatoms. The quantitative estimate of drug-likeness (QED) is 0.363. The number of pyridine rings is 1. The summed E-state index contributed by atoms with van der Waals surface area (Å²) >= 11 is 1.39. The third-order valence-electron chi connectivity index (χ3n) is 6.50. The van der Waals surface area contributed by atoms with E-state index < -0.39 is 5.78 Å². The summed E-state index contributed by atoms with van der Waals surface area (Å²) in [6, 6.07) is 19.2. The maximum absolute atomic E-state index is 13.7. The van der Waals surface area contributed by atoms with Gasteiger partial charge in [-0.1, -0.05) is 42.5 Å². The molecule has 0 atom stereocenters. The number of thiophene rings is 1. The van der Waals surface area contributed by atoms with Crippen molar-refractivity contribution in [3.05, 3.63) is 100.0 Å². The zero-order chi connectivity index (χ0) is 24.8. The highest BCUT2D eigenvalue weighted by molar-refractivity contribution is 7.21. The van der Waals surface area contributed by atoms with Crippen molar-refractivity contribution >= 4 is 38.9 Å². The van der Waals surface area contributed by atoms with Gasteiger partial charge in [0.2, 0.25) is 0 Å². The van der Waals surface area contributed by atoms with Crippen LogP contribution < -0.4 is 5.56 Å². The molecule has 0 spiro atoms. The van der Waals surface area contributed by atoms with Crippen molar-refractivity contribution in [2.45, 2.75) is 12.8 Å². The van der Waals surface area contributed by atoms with Gasteiger partial charge in [-0.25, -0.2) is 4.98 Å². The monoisotopic (exact) mass is 495 g/mol. The number of phenolic OH excluding ortho intramolecular Hbond substituents is 1. The number of hydrogen-bond acceptors (Lipinski definition) is 6. The minimum absolute atomic E-state index is 0.0976. The number of rotatable bonds is 4. The number of likely N-dealkylation sites (tertiary alicyclic amines) is 1. The second kappa shape index (κ2) is 8.73. The van der Waals surface area contributed by atoms with E-state index in [0.29, 0.717) is 23.3 Å². The molecule has 1 amide bonds. The summed E-state index contributed by atoms with van der Waals surface area (Å²) in [5.41, 5.74) is 1.27. The van der Waals surface area contributed by atoms with E-state index in [2.05, 4.69) is 0 Å². The molecule has 1 aliphatic rings. The lowest BCUT2D eigenvalue weighted by atomic mass is 10.0. The number of carbonyl (C=O) groups excluding carboxylic acids is 2. The normalized spacial score (nSPS) is 13.5. The van der Waals surface area contributed by atoms with E-state index in [4.69, 9.17) is 4.98 Å². The number of phenols is 1. The molecule has 0 saturated carbocycles. The van der Waals surface area contributed by atoms with E-state index in [0.717, 1.165) is 23.3 Å². The molecule has 1 N–H and O–H groups in total. The summed E-state index contributed by atoms with van der Waals surface area (Å²) in [4.78, 5) is 48.4. The molecule has 6 rings (SSSR count). The molecule has 1 saturated heterocycles. The van der Waals surface area contributed by atoms with Crippen LogP contribution >= 0.6 is 11.3 Å². The van der Waals surface area contributed by atoms with Crippen LogP contribution in [-0.4, -0.2) is 44.2 Å². The predicted octanol–water partition coefficient (Wildman–Crippen LogP) is 4.75. The third kappa shape index (κ3) is 3.67. The highest BCUT2D eigenvalue weighted by atomic mass is 32.1. The topological polar surface area (TPSA) is 92.0 Å². The fourth-order valence-corrected chi connectivity index (χ4v) is 5.67. The molecule has 7 nitrogen and oxygen atoms in total. The van der Waals surface area contributed by atoms with Crippen molar-refractivity contribution < 1.29 is 14.7 Å². The first kappa shape index (κ1) is 22.2. The van der Waals surface area contributed by atoms with Crippen molar-refractivity contribution in [3.8, 4) is 16.2 Å². The lowest BCUT2D eigenvalue weighted by Crippen LogP contribution is -2.29. The maximum Gasteiger partial charge on any atom is 0.266 e. The highest BCUT2D eigenvalue weighted by Crippen LogP contribution is 2.32. The van der Waals surface area contributed by atoms with Gasteiger partial charge in [0.25, 0.3) is 11.5 Å². The van der Waals surface area contributed by atoms with Crippen molar-refractivity contribution in [2.75, 3.05) is 13.1 Å². The van der Waals surface area contributed by atoms with Crippen LogP contribution in [0.4, 0.5) is 0 Å². The largest absolute Gasteiger partial charge is 0.507 e. The van der Waals surface area contributed by atoms with E-state index >= 15 is 0 Å². The van der Waals surface area contributed by atoms with Gasteiger partial charge in [0, 0.05) is 29.7 Å². The molecule has 1 aliphatic heterocycles. The van der Waals surface area contributed by atoms with Crippen LogP contribution in [0.15, 0.2) is 77.7 Å². The van der Waals surface area contributed by atoms with Crippen LogP contribution in [0.2, 0.25) is 0 Å². The molecule has 5 aromatic rings. The molecule has 3 aromatic heterocycles. The Morgan fingerprint density at radius 2 is 1.64 bits per heavy atom. The molecule has 0 aliphatic carbocycles. The fraction of sp³-hybridized carbons (Fsp3) is 0.143. The van der Waals surface area contributed by atoms with Gasteiger partial charge in [0.15, 0.2) is 11.4 Å². The minimum Gasteiger partial charge on any atom is -0.507 e. The summed E-state index contributed by atoms with van der Waals surface area (Å²) < 4.78 is 1.29. The minimum atomic E-state index is -0.479. The Balaban J connectivity index is 1.60. The van der Waals surface area contributed by atoms with Gasteiger partial charge in [-0.2, -0.15) is 0 Å². The van der Waals surface area contributed by atoms with Gasteiger partial charge in [0.05, 0.1) is 16.5 Å². The Bertz CT molecular complexity index is 1720. The number of para-hydroxylation sites is 1. The SMILES string of the molecule is O=C(c1cc(C(=O)N2CCCC2)c2nc3sc(-c4ccccc4)cc3c(=O)n2c1)c1ccccc1O. The number of carbonyl (C=O) groups is 2. The first-order valence-electron chi connectivity index (χ1n) is 11.7. The highest BCUT2D eigenvalue weighted by Gasteiger charge is 2.26. The number of ketones is 1. The average Bonchev–Trinajstić information content (AvgIpc) is 3.59. The predicted molar refractivity (Wildman–Crippen MR) is 139 cm³/mol. The first-order valence-corrected chi connectivity index (χ1v) is 12.5. The Hall–Kier alpha value is -4.30. The molecule has 1 fully saturated rings. The van der Waals surface area contributed by atoms with Gasteiger partial charge < -0.3 is 10.0 Å². The van der Waals surface area contributed by atoms with Gasteiger partial charge in [-0.3, -0.25) is 18.8 Å². The summed E-state index contributed by atoms with van der Waals surface area (Å²) in [5, 5.41) is 10.7. The summed E-state index contributed by atoms with van der Waals surface area (Å²) in [6.07, 6.45) is 3.23. The molecule has 0 bridgehead atoms. The number of aromatic hydroxyl groups is 1. The summed E-state index contributed by atoms with van der Waals surface area (Å²) in [5.74, 6) is -0.905. The number of fused-ring (bicyclic) bond motifs is 2. The number of hydrogen-bond donors (Lipinski definition) is 1.